The summed E-state index contributed by atoms with van der Waals surface area (Å²) in [4.78, 5) is 0. The fourth-order valence-corrected chi connectivity index (χ4v) is 2.68. The smallest absolute Gasteiger partial charge is 0.200 e. The van der Waals surface area contributed by atoms with Crippen molar-refractivity contribution in [3.63, 3.8) is 0 Å². The van der Waals surface area contributed by atoms with Gasteiger partial charge in [0.1, 0.15) is 0 Å². The Hall–Kier alpha value is -3.20. The minimum Gasteiger partial charge on any atom is -0.203 e. The zero-order valence-corrected chi connectivity index (χ0v) is 13.2. The third-order valence-corrected chi connectivity index (χ3v) is 3.96. The standard InChI is InChI=1S/C20H10F5N/c21-16-15(17(22)19(24)20(25)18(16)23)9-11(10-26)8-13-6-3-5-12-4-1-2-7-14(12)13/h1-8H,9H2/b11-8-. The highest BCUT2D eigenvalue weighted by atomic mass is 19.2. The first kappa shape index (κ1) is 17.6. The van der Waals surface area contributed by atoms with Crippen molar-refractivity contribution in [2.24, 2.45) is 0 Å². The van der Waals surface area contributed by atoms with Crippen LogP contribution in [0.1, 0.15) is 11.1 Å². The molecule has 0 N–H and O–H groups in total. The minimum atomic E-state index is -2.22. The van der Waals surface area contributed by atoms with Gasteiger partial charge in [-0.05, 0) is 22.4 Å². The van der Waals surface area contributed by atoms with Gasteiger partial charge in [-0.3, -0.25) is 0 Å². The van der Waals surface area contributed by atoms with Crippen molar-refractivity contribution < 1.29 is 22.0 Å². The summed E-state index contributed by atoms with van der Waals surface area (Å²) < 4.78 is 67.5. The maximum atomic E-state index is 13.8. The van der Waals surface area contributed by atoms with Crippen LogP contribution in [-0.2, 0) is 6.42 Å². The average Bonchev–Trinajstić information content (AvgIpc) is 2.67. The highest BCUT2D eigenvalue weighted by molar-refractivity contribution is 5.91. The van der Waals surface area contributed by atoms with Gasteiger partial charge < -0.3 is 0 Å². The predicted octanol–water partition coefficient (Wildman–Crippen LogP) is 5.68. The van der Waals surface area contributed by atoms with Crippen molar-refractivity contribution >= 4 is 16.8 Å². The van der Waals surface area contributed by atoms with E-state index in [2.05, 4.69) is 0 Å². The number of halogens is 5. The maximum absolute atomic E-state index is 13.8. The Morgan fingerprint density at radius 3 is 2.04 bits per heavy atom. The lowest BCUT2D eigenvalue weighted by molar-refractivity contribution is 0.371. The fraction of sp³-hybridized carbons (Fsp3) is 0.0500. The lowest BCUT2D eigenvalue weighted by Gasteiger charge is -2.08. The topological polar surface area (TPSA) is 23.8 Å². The Morgan fingerprint density at radius 2 is 1.38 bits per heavy atom. The number of fused-ring (bicyclic) bond motifs is 1. The van der Waals surface area contributed by atoms with E-state index < -0.39 is 41.1 Å². The average molecular weight is 359 g/mol. The molecular formula is C20H10F5N. The number of allylic oxidation sites excluding steroid dienone is 1. The Morgan fingerprint density at radius 1 is 0.808 bits per heavy atom. The van der Waals surface area contributed by atoms with Crippen LogP contribution in [0.2, 0.25) is 0 Å². The van der Waals surface area contributed by atoms with E-state index >= 15 is 0 Å². The number of benzene rings is 3. The highest BCUT2D eigenvalue weighted by Gasteiger charge is 2.26. The Kier molecular flexibility index (Phi) is 4.72. The summed E-state index contributed by atoms with van der Waals surface area (Å²) in [5.41, 5.74) is -0.567. The molecule has 0 saturated carbocycles. The van der Waals surface area contributed by atoms with Gasteiger partial charge in [0.2, 0.25) is 5.82 Å². The van der Waals surface area contributed by atoms with Crippen LogP contribution in [-0.4, -0.2) is 0 Å². The van der Waals surface area contributed by atoms with Gasteiger partial charge in [0.05, 0.1) is 6.07 Å². The van der Waals surface area contributed by atoms with Crippen molar-refractivity contribution in [1.82, 2.24) is 0 Å². The normalized spacial score (nSPS) is 11.6. The van der Waals surface area contributed by atoms with Crippen molar-refractivity contribution in [1.29, 1.82) is 5.26 Å². The van der Waals surface area contributed by atoms with E-state index in [-0.39, 0.29) is 5.57 Å². The largest absolute Gasteiger partial charge is 0.203 e. The van der Waals surface area contributed by atoms with Gasteiger partial charge in [-0.2, -0.15) is 5.26 Å². The molecule has 0 amide bonds. The van der Waals surface area contributed by atoms with Crippen LogP contribution < -0.4 is 0 Å². The molecule has 6 heteroatoms. The summed E-state index contributed by atoms with van der Waals surface area (Å²) >= 11 is 0. The molecule has 0 aliphatic rings. The van der Waals surface area contributed by atoms with E-state index in [1.807, 2.05) is 18.2 Å². The third-order valence-electron chi connectivity index (χ3n) is 3.96. The molecule has 3 rings (SSSR count). The van der Waals surface area contributed by atoms with E-state index in [1.165, 1.54) is 6.08 Å². The molecule has 0 heterocycles. The molecular weight excluding hydrogens is 349 g/mol. The van der Waals surface area contributed by atoms with Crippen molar-refractivity contribution in [2.75, 3.05) is 0 Å². The quantitative estimate of drug-likeness (QED) is 0.255. The van der Waals surface area contributed by atoms with Gasteiger partial charge in [-0.25, -0.2) is 22.0 Å². The zero-order valence-electron chi connectivity index (χ0n) is 13.2. The van der Waals surface area contributed by atoms with Crippen LogP contribution in [0.5, 0.6) is 0 Å². The van der Waals surface area contributed by atoms with Crippen molar-refractivity contribution in [3.05, 3.63) is 88.3 Å². The Bertz CT molecular complexity index is 1050. The molecule has 0 saturated heterocycles. The van der Waals surface area contributed by atoms with Crippen LogP contribution in [0.4, 0.5) is 22.0 Å². The lowest BCUT2D eigenvalue weighted by Crippen LogP contribution is -2.08. The first-order chi connectivity index (χ1) is 12.4. The van der Waals surface area contributed by atoms with Gasteiger partial charge in [0.15, 0.2) is 23.3 Å². The van der Waals surface area contributed by atoms with Crippen molar-refractivity contribution in [3.8, 4) is 6.07 Å². The molecule has 26 heavy (non-hydrogen) atoms. The van der Waals surface area contributed by atoms with Gasteiger partial charge >= 0.3 is 0 Å². The first-order valence-electron chi connectivity index (χ1n) is 7.52. The Labute approximate surface area is 145 Å². The predicted molar refractivity (Wildman–Crippen MR) is 87.5 cm³/mol. The van der Waals surface area contributed by atoms with Crippen LogP contribution >= 0.6 is 0 Å². The molecule has 0 aliphatic carbocycles. The second kappa shape index (κ2) is 6.96. The second-order valence-electron chi connectivity index (χ2n) is 5.57. The van der Waals surface area contributed by atoms with Crippen LogP contribution in [0, 0.1) is 40.4 Å². The number of nitriles is 1. The molecule has 0 radical (unpaired) electrons. The zero-order chi connectivity index (χ0) is 18.8. The second-order valence-corrected chi connectivity index (χ2v) is 5.57. The molecule has 0 unspecified atom stereocenters. The molecule has 3 aromatic carbocycles. The van der Waals surface area contributed by atoms with E-state index in [0.29, 0.717) is 5.56 Å². The summed E-state index contributed by atoms with van der Waals surface area (Å²) in [5, 5.41) is 10.9. The summed E-state index contributed by atoms with van der Waals surface area (Å²) in [6, 6.07) is 14.3. The molecule has 0 bridgehead atoms. The molecule has 0 fully saturated rings. The molecule has 0 aromatic heterocycles. The third kappa shape index (κ3) is 3.04. The first-order valence-corrected chi connectivity index (χ1v) is 7.52. The fourth-order valence-electron chi connectivity index (χ4n) is 2.68. The van der Waals surface area contributed by atoms with Crippen LogP contribution in [0.15, 0.2) is 48.0 Å². The lowest BCUT2D eigenvalue weighted by atomic mass is 9.99. The molecule has 3 aromatic rings. The van der Waals surface area contributed by atoms with E-state index in [9.17, 15) is 27.2 Å². The van der Waals surface area contributed by atoms with E-state index in [1.54, 1.807) is 30.3 Å². The SMILES string of the molecule is N#C/C(=C\c1cccc2ccccc12)Cc1c(F)c(F)c(F)c(F)c1F. The molecule has 1 nitrogen and oxygen atoms in total. The van der Waals surface area contributed by atoms with E-state index in [0.717, 1.165) is 10.8 Å². The molecule has 0 aliphatic heterocycles. The van der Waals surface area contributed by atoms with Crippen LogP contribution in [0.25, 0.3) is 16.8 Å². The summed E-state index contributed by atoms with van der Waals surface area (Å²) in [6.45, 7) is 0. The summed E-state index contributed by atoms with van der Waals surface area (Å²) in [7, 11) is 0. The molecule has 130 valence electrons. The van der Waals surface area contributed by atoms with Crippen LogP contribution in [0.3, 0.4) is 0 Å². The van der Waals surface area contributed by atoms with E-state index in [4.69, 9.17) is 0 Å². The van der Waals surface area contributed by atoms with Gasteiger partial charge in [0, 0.05) is 17.6 Å². The van der Waals surface area contributed by atoms with Crippen molar-refractivity contribution in [2.45, 2.75) is 6.42 Å². The highest BCUT2D eigenvalue weighted by Crippen LogP contribution is 2.27. The molecule has 0 spiro atoms. The number of hydrogen-bond acceptors (Lipinski definition) is 1. The summed E-state index contributed by atoms with van der Waals surface area (Å²) in [5.74, 6) is -10.1. The number of nitrogens with zero attached hydrogens (tertiary/aromatic N) is 1. The molecule has 0 atom stereocenters. The van der Waals surface area contributed by atoms with Gasteiger partial charge in [-0.15, -0.1) is 0 Å². The minimum absolute atomic E-state index is 0.135. The summed E-state index contributed by atoms with van der Waals surface area (Å²) in [6.07, 6.45) is 0.659. The number of rotatable bonds is 3. The van der Waals surface area contributed by atoms with Gasteiger partial charge in [0.25, 0.3) is 0 Å². The van der Waals surface area contributed by atoms with Gasteiger partial charge in [-0.1, -0.05) is 42.5 Å². The maximum Gasteiger partial charge on any atom is 0.200 e. The Balaban J connectivity index is 2.09. The monoisotopic (exact) mass is 359 g/mol. The number of hydrogen-bond donors (Lipinski definition) is 0.